The molecule has 0 aliphatic carbocycles. The van der Waals surface area contributed by atoms with Gasteiger partial charge in [0.05, 0.1) is 14.9 Å². The molecule has 4 rings (SSSR count). The molecule has 1 N–H and O–H groups in total. The number of sulfonamides is 1. The summed E-state index contributed by atoms with van der Waals surface area (Å²) in [6.45, 7) is 3.95. The average Bonchev–Trinajstić information content (AvgIpc) is 2.86. The molecule has 0 spiro atoms. The Labute approximate surface area is 213 Å². The minimum Gasteiger partial charge on any atom is -0.481 e. The van der Waals surface area contributed by atoms with E-state index in [1.807, 2.05) is 0 Å². The van der Waals surface area contributed by atoms with Gasteiger partial charge >= 0.3 is 0 Å². The summed E-state index contributed by atoms with van der Waals surface area (Å²) in [4.78, 5) is 24.5. The second kappa shape index (κ2) is 10.7. The van der Waals surface area contributed by atoms with E-state index in [2.05, 4.69) is 19.6 Å². The van der Waals surface area contributed by atoms with Crippen LogP contribution in [0.15, 0.2) is 66.0 Å². The summed E-state index contributed by atoms with van der Waals surface area (Å²) in [5.41, 5.74) is 0.873. The standard InChI is InChI=1S/C23H23Cl2N5O4S/c1-16(34-18-4-7-20(24)21(25)14-18)23(31)30-12-10-29(11-13-30)17-2-5-19(6-3-17)35(32,33)28-22-8-9-26-15-27-22/h2-9,14-16H,10-13H2,1H3,(H,26,27,28). The van der Waals surface area contributed by atoms with Gasteiger partial charge in [0.2, 0.25) is 0 Å². The fraction of sp³-hybridized carbons (Fsp3) is 0.261. The van der Waals surface area contributed by atoms with E-state index in [-0.39, 0.29) is 16.6 Å². The summed E-state index contributed by atoms with van der Waals surface area (Å²) < 4.78 is 33.3. The van der Waals surface area contributed by atoms with Gasteiger partial charge in [0, 0.05) is 44.1 Å². The number of rotatable bonds is 7. The zero-order valence-electron chi connectivity index (χ0n) is 18.8. The van der Waals surface area contributed by atoms with E-state index in [4.69, 9.17) is 27.9 Å². The molecule has 3 aromatic rings. The van der Waals surface area contributed by atoms with Crippen LogP contribution in [0.25, 0.3) is 0 Å². The Bertz CT molecular complexity index is 1290. The maximum Gasteiger partial charge on any atom is 0.263 e. The van der Waals surface area contributed by atoms with Crippen LogP contribution in [0.4, 0.5) is 11.5 Å². The van der Waals surface area contributed by atoms with E-state index >= 15 is 0 Å². The summed E-state index contributed by atoms with van der Waals surface area (Å²) in [5, 5.41) is 0.780. The van der Waals surface area contributed by atoms with Crippen molar-refractivity contribution in [2.24, 2.45) is 0 Å². The molecule has 1 unspecified atom stereocenters. The van der Waals surface area contributed by atoms with Crippen LogP contribution in [0.2, 0.25) is 10.0 Å². The van der Waals surface area contributed by atoms with Crippen LogP contribution in [0, 0.1) is 0 Å². The first-order chi connectivity index (χ1) is 16.7. The number of benzene rings is 2. The van der Waals surface area contributed by atoms with Crippen molar-refractivity contribution in [3.05, 3.63) is 71.1 Å². The molecule has 0 radical (unpaired) electrons. The van der Waals surface area contributed by atoms with Crippen molar-refractivity contribution in [1.29, 1.82) is 0 Å². The smallest absolute Gasteiger partial charge is 0.263 e. The molecule has 1 saturated heterocycles. The molecule has 1 fully saturated rings. The van der Waals surface area contributed by atoms with E-state index < -0.39 is 16.1 Å². The Hall–Kier alpha value is -3.08. The van der Waals surface area contributed by atoms with E-state index in [9.17, 15) is 13.2 Å². The summed E-state index contributed by atoms with van der Waals surface area (Å²) in [6, 6.07) is 12.9. The summed E-state index contributed by atoms with van der Waals surface area (Å²) in [7, 11) is -3.76. The molecule has 0 bridgehead atoms. The number of nitrogens with zero attached hydrogens (tertiary/aromatic N) is 4. The van der Waals surface area contributed by atoms with Crippen LogP contribution < -0.4 is 14.4 Å². The van der Waals surface area contributed by atoms with Crippen molar-refractivity contribution in [2.45, 2.75) is 17.9 Å². The highest BCUT2D eigenvalue weighted by Crippen LogP contribution is 2.27. The van der Waals surface area contributed by atoms with Gasteiger partial charge in [0.15, 0.2) is 6.10 Å². The minimum atomic E-state index is -3.76. The number of aromatic nitrogens is 2. The molecule has 0 saturated carbocycles. The van der Waals surface area contributed by atoms with Gasteiger partial charge < -0.3 is 14.5 Å². The van der Waals surface area contributed by atoms with E-state index in [0.29, 0.717) is 42.0 Å². The van der Waals surface area contributed by atoms with Gasteiger partial charge in [-0.2, -0.15) is 0 Å². The van der Waals surface area contributed by atoms with Crippen molar-refractivity contribution in [2.75, 3.05) is 35.8 Å². The number of ether oxygens (including phenoxy) is 1. The van der Waals surface area contributed by atoms with Gasteiger partial charge in [-0.3, -0.25) is 9.52 Å². The first-order valence-corrected chi connectivity index (χ1v) is 13.0. The van der Waals surface area contributed by atoms with Gasteiger partial charge in [0.25, 0.3) is 15.9 Å². The van der Waals surface area contributed by atoms with Gasteiger partial charge in [-0.15, -0.1) is 0 Å². The van der Waals surface area contributed by atoms with Crippen molar-refractivity contribution < 1.29 is 17.9 Å². The number of piperazine rings is 1. The van der Waals surface area contributed by atoms with Crippen molar-refractivity contribution >= 4 is 50.6 Å². The van der Waals surface area contributed by atoms with E-state index in [1.54, 1.807) is 54.3 Å². The molecule has 1 atom stereocenters. The zero-order chi connectivity index (χ0) is 25.0. The van der Waals surface area contributed by atoms with Gasteiger partial charge in [-0.25, -0.2) is 18.4 Å². The molecule has 2 aromatic carbocycles. The van der Waals surface area contributed by atoms with Gasteiger partial charge in [0.1, 0.15) is 17.9 Å². The number of carbonyl (C=O) groups is 1. The summed E-state index contributed by atoms with van der Waals surface area (Å²) in [6.07, 6.45) is 2.05. The maximum absolute atomic E-state index is 12.8. The first kappa shape index (κ1) is 25.0. The summed E-state index contributed by atoms with van der Waals surface area (Å²) >= 11 is 11.9. The Kier molecular flexibility index (Phi) is 7.63. The number of halogens is 2. The zero-order valence-corrected chi connectivity index (χ0v) is 21.1. The Morgan fingerprint density at radius 1 is 1.03 bits per heavy atom. The van der Waals surface area contributed by atoms with Crippen LogP contribution in [0.1, 0.15) is 6.92 Å². The quantitative estimate of drug-likeness (QED) is 0.491. The van der Waals surface area contributed by atoms with Crippen LogP contribution >= 0.6 is 23.2 Å². The normalized spacial score (nSPS) is 14.9. The topological polar surface area (TPSA) is 105 Å². The lowest BCUT2D eigenvalue weighted by Gasteiger charge is -2.37. The first-order valence-electron chi connectivity index (χ1n) is 10.8. The summed E-state index contributed by atoms with van der Waals surface area (Å²) in [5.74, 6) is 0.554. The van der Waals surface area contributed by atoms with Gasteiger partial charge in [-0.1, -0.05) is 23.2 Å². The fourth-order valence-corrected chi connectivity index (χ4v) is 4.93. The molecular formula is C23H23Cl2N5O4S. The number of amides is 1. The third-order valence-corrected chi connectivity index (χ3v) is 7.59. The predicted octanol–water partition coefficient (Wildman–Crippen LogP) is 3.70. The fourth-order valence-electron chi connectivity index (χ4n) is 3.63. The van der Waals surface area contributed by atoms with Crippen molar-refractivity contribution in [3.8, 4) is 5.75 Å². The minimum absolute atomic E-state index is 0.118. The lowest BCUT2D eigenvalue weighted by atomic mass is 10.2. The number of nitrogens with one attached hydrogen (secondary N) is 1. The molecule has 1 amide bonds. The molecular weight excluding hydrogens is 513 g/mol. The lowest BCUT2D eigenvalue weighted by molar-refractivity contribution is -0.138. The lowest BCUT2D eigenvalue weighted by Crippen LogP contribution is -2.52. The molecule has 9 nitrogen and oxygen atoms in total. The monoisotopic (exact) mass is 535 g/mol. The van der Waals surface area contributed by atoms with Crippen LogP contribution in [0.3, 0.4) is 0 Å². The van der Waals surface area contributed by atoms with Crippen LogP contribution in [0.5, 0.6) is 5.75 Å². The Morgan fingerprint density at radius 2 is 1.74 bits per heavy atom. The number of carbonyl (C=O) groups excluding carboxylic acids is 1. The third kappa shape index (κ3) is 6.14. The predicted molar refractivity (Wildman–Crippen MR) is 135 cm³/mol. The molecule has 1 aliphatic heterocycles. The number of anilines is 2. The average molecular weight is 536 g/mol. The molecule has 12 heteroatoms. The molecule has 1 aliphatic rings. The number of hydrogen-bond acceptors (Lipinski definition) is 7. The highest BCUT2D eigenvalue weighted by Gasteiger charge is 2.26. The molecule has 35 heavy (non-hydrogen) atoms. The maximum atomic E-state index is 12.8. The third-order valence-electron chi connectivity index (χ3n) is 5.48. The Morgan fingerprint density at radius 3 is 2.37 bits per heavy atom. The highest BCUT2D eigenvalue weighted by atomic mass is 35.5. The second-order valence-electron chi connectivity index (χ2n) is 7.84. The van der Waals surface area contributed by atoms with E-state index in [0.717, 1.165) is 5.69 Å². The largest absolute Gasteiger partial charge is 0.481 e. The van der Waals surface area contributed by atoms with Crippen molar-refractivity contribution in [1.82, 2.24) is 14.9 Å². The van der Waals surface area contributed by atoms with Gasteiger partial charge in [-0.05, 0) is 49.4 Å². The van der Waals surface area contributed by atoms with Crippen LogP contribution in [-0.4, -0.2) is 61.5 Å². The van der Waals surface area contributed by atoms with Crippen molar-refractivity contribution in [3.63, 3.8) is 0 Å². The SMILES string of the molecule is CC(Oc1ccc(Cl)c(Cl)c1)C(=O)N1CCN(c2ccc(S(=O)(=O)Nc3ccncn3)cc2)CC1. The van der Waals surface area contributed by atoms with Crippen LogP contribution in [-0.2, 0) is 14.8 Å². The Balaban J connectivity index is 1.32. The second-order valence-corrected chi connectivity index (χ2v) is 10.3. The molecule has 2 heterocycles. The number of hydrogen-bond donors (Lipinski definition) is 1. The highest BCUT2D eigenvalue weighted by molar-refractivity contribution is 7.92. The molecule has 1 aromatic heterocycles. The van der Waals surface area contributed by atoms with E-state index in [1.165, 1.54) is 18.6 Å². The molecule has 184 valence electrons.